The molecule has 0 aliphatic rings. The largest absolute Gasteiger partial charge is 0.362 e. The zero-order chi connectivity index (χ0) is 39.2. The lowest BCUT2D eigenvalue weighted by Gasteiger charge is -2.08. The van der Waals surface area contributed by atoms with Gasteiger partial charge in [0.15, 0.2) is 0 Å². The van der Waals surface area contributed by atoms with Crippen LogP contribution in [0.3, 0.4) is 0 Å². The molecular formula is C56H44N2. The number of rotatable bonds is 13. The summed E-state index contributed by atoms with van der Waals surface area (Å²) in [5, 5.41) is 9.31. The Kier molecular flexibility index (Phi) is 12.1. The van der Waals surface area contributed by atoms with Gasteiger partial charge in [-0.2, -0.15) is 0 Å². The van der Waals surface area contributed by atoms with Crippen LogP contribution in [0.1, 0.15) is 16.7 Å². The van der Waals surface area contributed by atoms with E-state index in [1.54, 1.807) is 0 Å². The molecule has 0 aliphatic carbocycles. The van der Waals surface area contributed by atoms with Gasteiger partial charge in [0.25, 0.3) is 0 Å². The maximum atomic E-state index is 3.40. The molecule has 0 heterocycles. The van der Waals surface area contributed by atoms with E-state index in [0.29, 0.717) is 0 Å². The van der Waals surface area contributed by atoms with Crippen LogP contribution in [-0.4, -0.2) is 0 Å². The van der Waals surface area contributed by atoms with Crippen LogP contribution >= 0.6 is 0 Å². The van der Waals surface area contributed by atoms with E-state index in [1.807, 2.05) is 30.6 Å². The van der Waals surface area contributed by atoms with E-state index in [0.717, 1.165) is 28.1 Å². The fourth-order valence-corrected chi connectivity index (χ4v) is 6.92. The summed E-state index contributed by atoms with van der Waals surface area (Å²) in [6, 6.07) is 70.4. The van der Waals surface area contributed by atoms with Gasteiger partial charge in [-0.1, -0.05) is 200 Å². The molecule has 0 saturated carbocycles. The van der Waals surface area contributed by atoms with E-state index in [9.17, 15) is 0 Å². The molecule has 0 radical (unpaired) electrons. The molecule has 0 atom stereocenters. The first-order valence-corrected chi connectivity index (χ1v) is 19.7. The lowest BCUT2D eigenvalue weighted by atomic mass is 9.97. The SMILES string of the molecule is C(=C/c1ccccc1-c1ccc2ccccc2c1)/C=C/Nc1ccc(-c2ccc(\C=C/C(=C\C=C\Nc3ccc(-c4ccccc4)cc3)c3ccccc3)cc2)cc1. The Morgan fingerprint density at radius 2 is 0.914 bits per heavy atom. The summed E-state index contributed by atoms with van der Waals surface area (Å²) >= 11 is 0. The van der Waals surface area contributed by atoms with Gasteiger partial charge in [0.1, 0.15) is 0 Å². The number of anilines is 2. The average molecular weight is 745 g/mol. The van der Waals surface area contributed by atoms with Crippen LogP contribution in [0.15, 0.2) is 243 Å². The molecule has 0 fully saturated rings. The van der Waals surface area contributed by atoms with Crippen LogP contribution in [0.5, 0.6) is 0 Å². The highest BCUT2D eigenvalue weighted by Crippen LogP contribution is 2.29. The molecule has 0 saturated heterocycles. The second kappa shape index (κ2) is 18.8. The number of hydrogen-bond donors (Lipinski definition) is 2. The van der Waals surface area contributed by atoms with Gasteiger partial charge in [-0.25, -0.2) is 0 Å². The van der Waals surface area contributed by atoms with Crippen LogP contribution in [0.4, 0.5) is 11.4 Å². The minimum Gasteiger partial charge on any atom is -0.362 e. The summed E-state index contributed by atoms with van der Waals surface area (Å²) in [4.78, 5) is 0. The van der Waals surface area contributed by atoms with E-state index >= 15 is 0 Å². The second-order valence-electron chi connectivity index (χ2n) is 14.0. The highest BCUT2D eigenvalue weighted by atomic mass is 14.8. The average Bonchev–Trinajstić information content (AvgIpc) is 3.30. The Balaban J connectivity index is 0.866. The standard InChI is InChI=1S/C56H44N2/c1-3-14-44(15-4-1)46(22-13-41-58-55-36-32-49(33-37-55)45-16-5-2-6-17-45)27-24-43-25-28-48(29-26-43)50-34-38-54(39-35-50)57-40-12-11-20-51-19-9-10-23-56(51)53-31-30-47-18-7-8-21-52(47)42-53/h1-42,57-58H/b20-11-,27-24-,40-12+,41-13+,46-22+. The van der Waals surface area contributed by atoms with Crippen molar-refractivity contribution in [3.63, 3.8) is 0 Å². The first kappa shape index (κ1) is 37.3. The van der Waals surface area contributed by atoms with Crippen LogP contribution < -0.4 is 10.6 Å². The summed E-state index contributed by atoms with van der Waals surface area (Å²) in [5.74, 6) is 0. The van der Waals surface area contributed by atoms with Crippen molar-refractivity contribution in [2.24, 2.45) is 0 Å². The Bertz CT molecular complexity index is 2720. The topological polar surface area (TPSA) is 24.1 Å². The summed E-state index contributed by atoms with van der Waals surface area (Å²) in [6.45, 7) is 0. The highest BCUT2D eigenvalue weighted by molar-refractivity contribution is 5.89. The maximum Gasteiger partial charge on any atom is 0.0380 e. The van der Waals surface area contributed by atoms with E-state index in [2.05, 4.69) is 235 Å². The fourth-order valence-electron chi connectivity index (χ4n) is 6.92. The number of hydrogen-bond acceptors (Lipinski definition) is 2. The minimum absolute atomic E-state index is 1.04. The van der Waals surface area contributed by atoms with Crippen molar-refractivity contribution in [3.05, 3.63) is 260 Å². The van der Waals surface area contributed by atoms with E-state index < -0.39 is 0 Å². The molecule has 0 spiro atoms. The summed E-state index contributed by atoms with van der Waals surface area (Å²) in [6.07, 6.45) is 18.8. The molecule has 278 valence electrons. The molecule has 0 aliphatic heterocycles. The molecule has 2 heteroatoms. The molecular weight excluding hydrogens is 701 g/mol. The molecule has 2 N–H and O–H groups in total. The first-order chi connectivity index (χ1) is 28.7. The van der Waals surface area contributed by atoms with Crippen LogP contribution in [-0.2, 0) is 0 Å². The van der Waals surface area contributed by atoms with Crippen molar-refractivity contribution in [2.45, 2.75) is 0 Å². The Morgan fingerprint density at radius 1 is 0.379 bits per heavy atom. The molecule has 0 bridgehead atoms. The van der Waals surface area contributed by atoms with Crippen molar-refractivity contribution in [1.82, 2.24) is 0 Å². The molecule has 8 aromatic rings. The molecule has 8 aromatic carbocycles. The van der Waals surface area contributed by atoms with Gasteiger partial charge in [-0.3, -0.25) is 0 Å². The third-order valence-electron chi connectivity index (χ3n) is 10.1. The molecule has 58 heavy (non-hydrogen) atoms. The number of benzene rings is 8. The van der Waals surface area contributed by atoms with Crippen molar-refractivity contribution in [1.29, 1.82) is 0 Å². The van der Waals surface area contributed by atoms with Gasteiger partial charge in [0.05, 0.1) is 0 Å². The van der Waals surface area contributed by atoms with Gasteiger partial charge >= 0.3 is 0 Å². The predicted molar refractivity (Wildman–Crippen MR) is 251 cm³/mol. The second-order valence-corrected chi connectivity index (χ2v) is 14.0. The van der Waals surface area contributed by atoms with E-state index in [1.165, 1.54) is 49.7 Å². The minimum atomic E-state index is 1.04. The van der Waals surface area contributed by atoms with Crippen LogP contribution in [0.2, 0.25) is 0 Å². The van der Waals surface area contributed by atoms with Crippen molar-refractivity contribution in [2.75, 3.05) is 10.6 Å². The maximum absolute atomic E-state index is 3.40. The van der Waals surface area contributed by atoms with Gasteiger partial charge in [0, 0.05) is 23.8 Å². The molecule has 0 aromatic heterocycles. The quantitative estimate of drug-likeness (QED) is 0.115. The summed E-state index contributed by atoms with van der Waals surface area (Å²) < 4.78 is 0. The van der Waals surface area contributed by atoms with Crippen molar-refractivity contribution in [3.8, 4) is 33.4 Å². The molecule has 2 nitrogen and oxygen atoms in total. The third-order valence-corrected chi connectivity index (χ3v) is 10.1. The van der Waals surface area contributed by atoms with Gasteiger partial charge in [-0.15, -0.1) is 0 Å². The number of allylic oxidation sites excluding steroid dienone is 6. The first-order valence-electron chi connectivity index (χ1n) is 19.7. The Labute approximate surface area is 342 Å². The monoisotopic (exact) mass is 744 g/mol. The normalized spacial score (nSPS) is 12.0. The Hall–Kier alpha value is -7.68. The fraction of sp³-hybridized carbons (Fsp3) is 0. The summed E-state index contributed by atoms with van der Waals surface area (Å²) in [5.41, 5.74) is 13.9. The van der Waals surface area contributed by atoms with Crippen LogP contribution in [0, 0.1) is 0 Å². The van der Waals surface area contributed by atoms with Crippen molar-refractivity contribution < 1.29 is 0 Å². The third kappa shape index (κ3) is 9.75. The number of nitrogens with one attached hydrogen (secondary N) is 2. The zero-order valence-corrected chi connectivity index (χ0v) is 32.2. The molecule has 0 amide bonds. The van der Waals surface area contributed by atoms with Gasteiger partial charge < -0.3 is 10.6 Å². The molecule has 0 unspecified atom stereocenters. The lowest BCUT2D eigenvalue weighted by molar-refractivity contribution is 1.55. The van der Waals surface area contributed by atoms with E-state index in [4.69, 9.17) is 0 Å². The smallest absolute Gasteiger partial charge is 0.0380 e. The Morgan fingerprint density at radius 3 is 1.60 bits per heavy atom. The predicted octanol–water partition coefficient (Wildman–Crippen LogP) is 15.2. The molecule has 8 rings (SSSR count). The van der Waals surface area contributed by atoms with Crippen molar-refractivity contribution >= 4 is 39.9 Å². The van der Waals surface area contributed by atoms with Crippen LogP contribution in [0.25, 0.3) is 61.9 Å². The lowest BCUT2D eigenvalue weighted by Crippen LogP contribution is -1.87. The van der Waals surface area contributed by atoms with E-state index in [-0.39, 0.29) is 0 Å². The van der Waals surface area contributed by atoms with Gasteiger partial charge in [0.2, 0.25) is 0 Å². The summed E-state index contributed by atoms with van der Waals surface area (Å²) in [7, 11) is 0. The number of fused-ring (bicyclic) bond motifs is 1. The zero-order valence-electron chi connectivity index (χ0n) is 32.2. The van der Waals surface area contributed by atoms with Gasteiger partial charge in [-0.05, 0) is 109 Å². The highest BCUT2D eigenvalue weighted by Gasteiger charge is 2.04.